The molecule has 31 heavy (non-hydrogen) atoms. The first-order chi connectivity index (χ1) is 15.0. The van der Waals surface area contributed by atoms with Crippen molar-refractivity contribution in [1.29, 1.82) is 5.26 Å². The van der Waals surface area contributed by atoms with E-state index in [1.54, 1.807) is 18.2 Å². The van der Waals surface area contributed by atoms with Crippen molar-refractivity contribution in [2.24, 2.45) is 0 Å². The van der Waals surface area contributed by atoms with E-state index in [4.69, 9.17) is 4.74 Å². The van der Waals surface area contributed by atoms with Crippen LogP contribution < -0.4 is 16.0 Å². The minimum atomic E-state index is -0.872. The molecule has 2 aliphatic heterocycles. The minimum absolute atomic E-state index is 0.0428. The molecule has 2 heterocycles. The van der Waals surface area contributed by atoms with Crippen molar-refractivity contribution in [3.63, 3.8) is 0 Å². The highest BCUT2D eigenvalue weighted by atomic mass is 19.1. The topological polar surface area (TPSA) is 103 Å². The maximum absolute atomic E-state index is 14.8. The molecule has 0 bridgehead atoms. The fraction of sp³-hybridized carbons (Fsp3) is 0.348. The Balaban J connectivity index is 1.45. The van der Waals surface area contributed by atoms with E-state index in [0.29, 0.717) is 36.4 Å². The van der Waals surface area contributed by atoms with Crippen molar-refractivity contribution < 1.29 is 18.7 Å². The van der Waals surface area contributed by atoms with E-state index in [-0.39, 0.29) is 18.2 Å². The zero-order valence-electron chi connectivity index (χ0n) is 16.9. The quantitative estimate of drug-likeness (QED) is 0.680. The largest absolute Gasteiger partial charge is 0.367 e. The number of hydrogen-bond donors (Lipinski definition) is 3. The third kappa shape index (κ3) is 4.74. The number of nitrogens with one attached hydrogen (secondary N) is 3. The average Bonchev–Trinajstić information content (AvgIpc) is 2.97. The van der Waals surface area contributed by atoms with Crippen LogP contribution in [0.25, 0.3) is 11.1 Å². The van der Waals surface area contributed by atoms with Crippen LogP contribution in [0.5, 0.6) is 0 Å². The average molecular weight is 422 g/mol. The highest BCUT2D eigenvalue weighted by Crippen LogP contribution is 2.27. The third-order valence-electron chi connectivity index (χ3n) is 5.52. The van der Waals surface area contributed by atoms with Gasteiger partial charge in [-0.15, -0.1) is 0 Å². The van der Waals surface area contributed by atoms with Gasteiger partial charge in [0.05, 0.1) is 6.07 Å². The summed E-state index contributed by atoms with van der Waals surface area (Å²) in [6, 6.07) is 11.4. The number of carbonyl (C=O) groups is 2. The van der Waals surface area contributed by atoms with Gasteiger partial charge in [0.1, 0.15) is 18.0 Å². The molecule has 8 heteroatoms. The molecule has 4 rings (SSSR count). The molecule has 2 aromatic carbocycles. The molecule has 0 aromatic heterocycles. The number of nitrogens with zero attached hydrogens (tertiary/aromatic N) is 1. The van der Waals surface area contributed by atoms with Crippen LogP contribution in [0.2, 0.25) is 0 Å². The van der Waals surface area contributed by atoms with Crippen LogP contribution >= 0.6 is 0 Å². The number of hydrogen-bond acceptors (Lipinski definition) is 5. The Morgan fingerprint density at radius 3 is 2.90 bits per heavy atom. The lowest BCUT2D eigenvalue weighted by molar-refractivity contribution is -0.132. The first kappa shape index (κ1) is 21.0. The fourth-order valence-electron chi connectivity index (χ4n) is 3.78. The number of benzene rings is 2. The molecule has 0 spiro atoms. The summed E-state index contributed by atoms with van der Waals surface area (Å²) in [5.41, 5.74) is 3.23. The Hall–Kier alpha value is -3.28. The SMILES string of the molecule is N#CC(Cc1ccc(-c2ccc3c(c2)C(=O)NC3)cc1F)NC(=O)[C@@H]1CNCCCO1. The molecule has 0 radical (unpaired) electrons. The van der Waals surface area contributed by atoms with Gasteiger partial charge in [0, 0.05) is 31.7 Å². The van der Waals surface area contributed by atoms with E-state index in [1.165, 1.54) is 6.07 Å². The number of carbonyl (C=O) groups excluding carboxylic acids is 2. The molecule has 2 aromatic rings. The maximum atomic E-state index is 14.8. The first-order valence-electron chi connectivity index (χ1n) is 10.3. The van der Waals surface area contributed by atoms with Gasteiger partial charge in [0.15, 0.2) is 0 Å². The predicted molar refractivity (Wildman–Crippen MR) is 111 cm³/mol. The van der Waals surface area contributed by atoms with Crippen LogP contribution in [0.3, 0.4) is 0 Å². The summed E-state index contributed by atoms with van der Waals surface area (Å²) in [7, 11) is 0. The fourth-order valence-corrected chi connectivity index (χ4v) is 3.78. The van der Waals surface area contributed by atoms with E-state index in [1.807, 2.05) is 18.2 Å². The summed E-state index contributed by atoms with van der Waals surface area (Å²) < 4.78 is 20.3. The van der Waals surface area contributed by atoms with Crippen molar-refractivity contribution in [2.75, 3.05) is 19.7 Å². The van der Waals surface area contributed by atoms with E-state index in [2.05, 4.69) is 16.0 Å². The summed E-state index contributed by atoms with van der Waals surface area (Å²) in [6.45, 7) is 2.14. The Morgan fingerprint density at radius 2 is 2.10 bits per heavy atom. The molecule has 1 unspecified atom stereocenters. The second-order valence-electron chi connectivity index (χ2n) is 7.67. The lowest BCUT2D eigenvalue weighted by Crippen LogP contribution is -2.46. The number of rotatable bonds is 5. The van der Waals surface area contributed by atoms with Gasteiger partial charge in [0.2, 0.25) is 0 Å². The van der Waals surface area contributed by atoms with Crippen molar-refractivity contribution in [3.8, 4) is 17.2 Å². The van der Waals surface area contributed by atoms with Crippen molar-refractivity contribution >= 4 is 11.8 Å². The smallest absolute Gasteiger partial charge is 0.251 e. The van der Waals surface area contributed by atoms with Gasteiger partial charge >= 0.3 is 0 Å². The van der Waals surface area contributed by atoms with E-state index in [9.17, 15) is 19.2 Å². The normalized spacial score (nSPS) is 19.0. The molecule has 3 N–H and O–H groups in total. The van der Waals surface area contributed by atoms with Crippen LogP contribution in [0.1, 0.15) is 27.9 Å². The molecular formula is C23H23FN4O3. The van der Waals surface area contributed by atoms with Crippen LogP contribution in [0.15, 0.2) is 36.4 Å². The molecule has 0 aliphatic carbocycles. The Labute approximate surface area is 179 Å². The number of amides is 2. The summed E-state index contributed by atoms with van der Waals surface area (Å²) in [5, 5.41) is 18.0. The molecule has 2 atom stereocenters. The van der Waals surface area contributed by atoms with Gasteiger partial charge in [-0.05, 0) is 47.4 Å². The minimum Gasteiger partial charge on any atom is -0.367 e. The summed E-state index contributed by atoms with van der Waals surface area (Å²) in [6.07, 6.45) is 0.196. The van der Waals surface area contributed by atoms with Gasteiger partial charge in [-0.2, -0.15) is 5.26 Å². The molecule has 1 fully saturated rings. The van der Waals surface area contributed by atoms with E-state index >= 15 is 0 Å². The second-order valence-corrected chi connectivity index (χ2v) is 7.67. The molecule has 7 nitrogen and oxygen atoms in total. The predicted octanol–water partition coefficient (Wildman–Crippen LogP) is 1.67. The van der Waals surface area contributed by atoms with Gasteiger partial charge < -0.3 is 20.7 Å². The van der Waals surface area contributed by atoms with Crippen LogP contribution in [0, 0.1) is 17.1 Å². The summed E-state index contributed by atoms with van der Waals surface area (Å²) in [5.74, 6) is -0.979. The molecule has 2 amide bonds. The van der Waals surface area contributed by atoms with Crippen LogP contribution in [-0.2, 0) is 22.5 Å². The Kier molecular flexibility index (Phi) is 6.26. The van der Waals surface area contributed by atoms with Gasteiger partial charge in [-0.25, -0.2) is 4.39 Å². The number of fused-ring (bicyclic) bond motifs is 1. The molecule has 0 saturated carbocycles. The lowest BCUT2D eigenvalue weighted by atomic mass is 9.97. The van der Waals surface area contributed by atoms with Crippen LogP contribution in [0.4, 0.5) is 4.39 Å². The van der Waals surface area contributed by atoms with Crippen LogP contribution in [-0.4, -0.2) is 43.7 Å². The van der Waals surface area contributed by atoms with Crippen molar-refractivity contribution in [3.05, 3.63) is 58.9 Å². The van der Waals surface area contributed by atoms with Gasteiger partial charge in [-0.1, -0.05) is 24.3 Å². The number of ether oxygens (including phenoxy) is 1. The number of halogens is 1. The Bertz CT molecular complexity index is 1040. The maximum Gasteiger partial charge on any atom is 0.251 e. The summed E-state index contributed by atoms with van der Waals surface area (Å²) in [4.78, 5) is 24.3. The van der Waals surface area contributed by atoms with Gasteiger partial charge in [-0.3, -0.25) is 9.59 Å². The van der Waals surface area contributed by atoms with Gasteiger partial charge in [0.25, 0.3) is 11.8 Å². The van der Waals surface area contributed by atoms with E-state index in [0.717, 1.165) is 24.1 Å². The second kappa shape index (κ2) is 9.25. The molecule has 1 saturated heterocycles. The Morgan fingerprint density at radius 1 is 1.29 bits per heavy atom. The molecular weight excluding hydrogens is 399 g/mol. The zero-order valence-corrected chi connectivity index (χ0v) is 16.9. The highest BCUT2D eigenvalue weighted by molar-refractivity contribution is 5.99. The monoisotopic (exact) mass is 422 g/mol. The zero-order chi connectivity index (χ0) is 21.8. The van der Waals surface area contributed by atoms with Crippen molar-refractivity contribution in [2.45, 2.75) is 31.5 Å². The summed E-state index contributed by atoms with van der Waals surface area (Å²) >= 11 is 0. The van der Waals surface area contributed by atoms with Crippen molar-refractivity contribution in [1.82, 2.24) is 16.0 Å². The standard InChI is InChI=1S/C23H23FN4O3/c24-20-10-15(14-3-5-17-12-27-22(29)19(17)9-14)2-4-16(20)8-18(11-25)28-23(30)21-13-26-6-1-7-31-21/h2-5,9-10,18,21,26H,1,6-8,12-13H2,(H,27,29)(H,28,30)/t18?,21-/m0/s1. The number of nitriles is 1. The molecule has 160 valence electrons. The first-order valence-corrected chi connectivity index (χ1v) is 10.3. The molecule has 2 aliphatic rings. The lowest BCUT2D eigenvalue weighted by Gasteiger charge is -2.18. The van der Waals surface area contributed by atoms with E-state index < -0.39 is 18.0 Å². The highest BCUT2D eigenvalue weighted by Gasteiger charge is 2.24. The third-order valence-corrected chi connectivity index (χ3v) is 5.52.